The van der Waals surface area contributed by atoms with Crippen molar-refractivity contribution in [3.63, 3.8) is 0 Å². The van der Waals surface area contributed by atoms with Gasteiger partial charge in [0.15, 0.2) is 0 Å². The van der Waals surface area contributed by atoms with Crippen molar-refractivity contribution in [3.05, 3.63) is 52.4 Å². The van der Waals surface area contributed by atoms with E-state index in [1.165, 1.54) is 0 Å². The minimum atomic E-state index is -1.26. The monoisotopic (exact) mass is 254 g/mol. The molecule has 0 radical (unpaired) electrons. The third-order valence-corrected chi connectivity index (χ3v) is 3.75. The molecule has 0 aliphatic heterocycles. The fourth-order valence-corrected chi connectivity index (χ4v) is 2.27. The number of aryl methyl sites for hydroxylation is 1. The lowest BCUT2D eigenvalue weighted by atomic mass is 10.2. The van der Waals surface area contributed by atoms with E-state index in [9.17, 15) is 4.21 Å². The zero-order chi connectivity index (χ0) is 12.0. The predicted molar refractivity (Wildman–Crippen MR) is 71.0 cm³/mol. The number of hydrogen-bond donors (Lipinski definition) is 0. The van der Waals surface area contributed by atoms with E-state index in [0.717, 1.165) is 16.9 Å². The smallest absolute Gasteiger partial charge is 0.109 e. The second kappa shape index (κ2) is 6.66. The summed E-state index contributed by atoms with van der Waals surface area (Å²) in [6, 6.07) is 7.54. The third kappa shape index (κ3) is 3.95. The highest BCUT2D eigenvalue weighted by Crippen LogP contribution is 2.18. The molecule has 1 rings (SSSR count). The minimum absolute atomic E-state index is 0.355. The molecule has 0 saturated carbocycles. The van der Waals surface area contributed by atoms with Crippen molar-refractivity contribution in [2.45, 2.75) is 25.2 Å². The first-order valence-corrected chi connectivity index (χ1v) is 6.68. The Balaban J connectivity index is 2.82. The Morgan fingerprint density at radius 3 is 2.56 bits per heavy atom. The topological polar surface area (TPSA) is 17.1 Å². The second-order valence-electron chi connectivity index (χ2n) is 3.39. The van der Waals surface area contributed by atoms with Crippen molar-refractivity contribution < 1.29 is 4.21 Å². The molecular formula is C13H15ClOS. The van der Waals surface area contributed by atoms with Crippen LogP contribution in [0.1, 0.15) is 18.9 Å². The van der Waals surface area contributed by atoms with Gasteiger partial charge in [-0.25, -0.2) is 4.21 Å². The Labute approximate surface area is 104 Å². The lowest BCUT2D eigenvalue weighted by molar-refractivity contribution is 0.688. The second-order valence-corrected chi connectivity index (χ2v) is 5.47. The van der Waals surface area contributed by atoms with Crippen LogP contribution in [-0.4, -0.2) is 4.21 Å². The summed E-state index contributed by atoms with van der Waals surface area (Å²) in [6.07, 6.45) is 6.42. The number of benzene rings is 1. The van der Waals surface area contributed by atoms with Crippen LogP contribution in [0, 0.1) is 6.92 Å². The summed E-state index contributed by atoms with van der Waals surface area (Å²) in [5, 5.41) is 0. The van der Waals surface area contributed by atoms with Gasteiger partial charge < -0.3 is 0 Å². The van der Waals surface area contributed by atoms with Crippen LogP contribution in [0.4, 0.5) is 0 Å². The normalized spacial score (nSPS) is 14.3. The lowest BCUT2D eigenvalue weighted by Crippen LogP contribution is -1.90. The van der Waals surface area contributed by atoms with Crippen molar-refractivity contribution in [1.82, 2.24) is 0 Å². The molecule has 1 nitrogen and oxygen atoms in total. The zero-order valence-electron chi connectivity index (χ0n) is 9.44. The minimum Gasteiger partial charge on any atom is -0.248 e. The maximum Gasteiger partial charge on any atom is 0.109 e. The summed E-state index contributed by atoms with van der Waals surface area (Å²) >= 11 is 5.95. The van der Waals surface area contributed by atoms with E-state index in [1.807, 2.05) is 50.3 Å². The summed E-state index contributed by atoms with van der Waals surface area (Å²) < 4.78 is 12.3. The molecular weight excluding hydrogens is 240 g/mol. The molecule has 0 saturated heterocycles. The van der Waals surface area contributed by atoms with Crippen LogP contribution in [0.5, 0.6) is 0 Å². The Morgan fingerprint density at radius 2 is 2.00 bits per heavy atom. The van der Waals surface area contributed by atoms with Crippen molar-refractivity contribution >= 4 is 22.4 Å². The first-order valence-electron chi connectivity index (χ1n) is 5.16. The van der Waals surface area contributed by atoms with Gasteiger partial charge in [0.1, 0.15) is 4.36 Å². The van der Waals surface area contributed by atoms with Crippen LogP contribution in [-0.2, 0) is 10.8 Å². The summed E-state index contributed by atoms with van der Waals surface area (Å²) in [4.78, 5) is 0.733. The van der Waals surface area contributed by atoms with Crippen LogP contribution < -0.4 is 0 Å². The van der Waals surface area contributed by atoms with E-state index in [1.54, 1.807) is 6.08 Å². The van der Waals surface area contributed by atoms with Crippen LogP contribution >= 0.6 is 11.6 Å². The Morgan fingerprint density at radius 1 is 1.38 bits per heavy atom. The molecule has 0 N–H and O–H groups in total. The van der Waals surface area contributed by atoms with Gasteiger partial charge in [-0.2, -0.15) is 0 Å². The zero-order valence-corrected chi connectivity index (χ0v) is 11.0. The molecule has 1 atom stereocenters. The lowest BCUT2D eigenvalue weighted by Gasteiger charge is -2.00. The van der Waals surface area contributed by atoms with E-state index in [-0.39, 0.29) is 0 Å². The standard InChI is InChI=1S/C13H15ClOS/c1-3-4-5-6-13(14)16(15)12-9-7-11(2)8-10-12/h4-10H,3H2,1-2H3/b5-4+,13-6+. The molecule has 1 unspecified atom stereocenters. The maximum atomic E-state index is 11.9. The molecule has 0 aromatic heterocycles. The predicted octanol–water partition coefficient (Wildman–Crippen LogP) is 4.15. The molecule has 1 aromatic carbocycles. The summed E-state index contributed by atoms with van der Waals surface area (Å²) in [5.74, 6) is 0. The van der Waals surface area contributed by atoms with Crippen molar-refractivity contribution in [3.8, 4) is 0 Å². The molecule has 0 heterocycles. The first-order chi connectivity index (χ1) is 7.65. The van der Waals surface area contributed by atoms with E-state index >= 15 is 0 Å². The van der Waals surface area contributed by atoms with Gasteiger partial charge in [0.2, 0.25) is 0 Å². The van der Waals surface area contributed by atoms with Crippen LogP contribution in [0.25, 0.3) is 0 Å². The molecule has 0 spiro atoms. The van der Waals surface area contributed by atoms with E-state index < -0.39 is 10.8 Å². The Bertz CT molecular complexity index is 418. The maximum absolute atomic E-state index is 11.9. The first kappa shape index (κ1) is 13.2. The van der Waals surface area contributed by atoms with Crippen molar-refractivity contribution in [2.75, 3.05) is 0 Å². The molecule has 1 aromatic rings. The van der Waals surface area contributed by atoms with Crippen LogP contribution in [0.3, 0.4) is 0 Å². The largest absolute Gasteiger partial charge is 0.248 e. The van der Waals surface area contributed by atoms with Crippen LogP contribution in [0.15, 0.2) is 51.8 Å². The molecule has 0 bridgehead atoms. The van der Waals surface area contributed by atoms with Gasteiger partial charge in [0.25, 0.3) is 0 Å². The molecule has 0 fully saturated rings. The summed E-state index contributed by atoms with van der Waals surface area (Å²) in [6.45, 7) is 4.03. The molecule has 16 heavy (non-hydrogen) atoms. The molecule has 3 heteroatoms. The highest BCUT2D eigenvalue weighted by molar-refractivity contribution is 7.90. The van der Waals surface area contributed by atoms with Gasteiger partial charge in [-0.3, -0.25) is 0 Å². The van der Waals surface area contributed by atoms with Gasteiger partial charge in [-0.05, 0) is 31.6 Å². The van der Waals surface area contributed by atoms with Gasteiger partial charge in [0.05, 0.1) is 10.8 Å². The quantitative estimate of drug-likeness (QED) is 0.738. The fraction of sp³-hybridized carbons (Fsp3) is 0.231. The Hall–Kier alpha value is -0.860. The van der Waals surface area contributed by atoms with E-state index in [2.05, 4.69) is 0 Å². The van der Waals surface area contributed by atoms with Gasteiger partial charge in [0, 0.05) is 4.90 Å². The molecule has 86 valence electrons. The van der Waals surface area contributed by atoms with Crippen LogP contribution in [0.2, 0.25) is 0 Å². The molecule has 0 aliphatic rings. The highest BCUT2D eigenvalue weighted by Gasteiger charge is 2.06. The van der Waals surface area contributed by atoms with E-state index in [4.69, 9.17) is 11.6 Å². The SMILES string of the molecule is CC/C=C/C=C(\Cl)S(=O)c1ccc(C)cc1. The highest BCUT2D eigenvalue weighted by atomic mass is 35.5. The number of allylic oxidation sites excluding steroid dienone is 3. The number of rotatable bonds is 4. The molecule has 0 amide bonds. The average molecular weight is 255 g/mol. The van der Waals surface area contributed by atoms with Crippen molar-refractivity contribution in [2.24, 2.45) is 0 Å². The Kier molecular flexibility index (Phi) is 5.50. The summed E-state index contributed by atoms with van der Waals surface area (Å²) in [7, 11) is -1.26. The third-order valence-electron chi connectivity index (χ3n) is 2.01. The number of hydrogen-bond acceptors (Lipinski definition) is 1. The van der Waals surface area contributed by atoms with Gasteiger partial charge in [-0.1, -0.05) is 48.4 Å². The average Bonchev–Trinajstić information content (AvgIpc) is 2.29. The van der Waals surface area contributed by atoms with Gasteiger partial charge in [-0.15, -0.1) is 0 Å². The van der Waals surface area contributed by atoms with Gasteiger partial charge >= 0.3 is 0 Å². The van der Waals surface area contributed by atoms with E-state index in [0.29, 0.717) is 4.36 Å². The number of halogens is 1. The fourth-order valence-electron chi connectivity index (χ4n) is 1.12. The van der Waals surface area contributed by atoms with Crippen molar-refractivity contribution in [1.29, 1.82) is 0 Å². The summed E-state index contributed by atoms with van der Waals surface area (Å²) in [5.41, 5.74) is 1.15. The molecule has 0 aliphatic carbocycles.